The lowest BCUT2D eigenvalue weighted by atomic mass is 9.93. The average Bonchev–Trinajstić information content (AvgIpc) is 2.83. The highest BCUT2D eigenvalue weighted by Gasteiger charge is 2.19. The van der Waals surface area contributed by atoms with E-state index in [4.69, 9.17) is 4.84 Å². The van der Waals surface area contributed by atoms with E-state index in [2.05, 4.69) is 23.4 Å². The molecule has 0 saturated heterocycles. The van der Waals surface area contributed by atoms with Crippen molar-refractivity contribution < 1.29 is 9.63 Å². The molecule has 1 aliphatic carbocycles. The van der Waals surface area contributed by atoms with Gasteiger partial charge >= 0.3 is 5.97 Å². The molecule has 0 aromatic heterocycles. The van der Waals surface area contributed by atoms with E-state index in [1.807, 2.05) is 39.0 Å². The second kappa shape index (κ2) is 6.70. The minimum absolute atomic E-state index is 0.0738. The SMILES string of the molecule is CC(C)(C)CC(=O)ON=C1CCCC1=Cc1ccccc1. The molecular formula is C18H23NO2. The molecule has 1 aromatic rings. The molecule has 0 N–H and O–H groups in total. The van der Waals surface area contributed by atoms with Crippen LogP contribution in [0.25, 0.3) is 6.08 Å². The number of nitrogens with zero attached hydrogens (tertiary/aromatic N) is 1. The van der Waals surface area contributed by atoms with E-state index in [0.717, 1.165) is 30.5 Å². The molecule has 21 heavy (non-hydrogen) atoms. The number of oxime groups is 1. The average molecular weight is 285 g/mol. The van der Waals surface area contributed by atoms with Crippen LogP contribution >= 0.6 is 0 Å². The van der Waals surface area contributed by atoms with Crippen molar-refractivity contribution in [3.63, 3.8) is 0 Å². The zero-order chi connectivity index (χ0) is 15.3. The molecule has 0 aliphatic heterocycles. The van der Waals surface area contributed by atoms with Crippen molar-refractivity contribution in [3.05, 3.63) is 41.5 Å². The third-order valence-corrected chi connectivity index (χ3v) is 3.30. The molecule has 1 fully saturated rings. The number of carbonyl (C=O) groups is 1. The summed E-state index contributed by atoms with van der Waals surface area (Å²) in [5, 5.41) is 4.08. The Labute approximate surface area is 126 Å². The third kappa shape index (κ3) is 5.18. The first kappa shape index (κ1) is 15.5. The van der Waals surface area contributed by atoms with Gasteiger partial charge in [0.15, 0.2) is 0 Å². The minimum Gasteiger partial charge on any atom is -0.318 e. The summed E-state index contributed by atoms with van der Waals surface area (Å²) in [5.74, 6) is -0.263. The molecule has 0 atom stereocenters. The molecule has 1 saturated carbocycles. The van der Waals surface area contributed by atoms with Crippen LogP contribution in [-0.4, -0.2) is 11.7 Å². The quantitative estimate of drug-likeness (QED) is 0.602. The summed E-state index contributed by atoms with van der Waals surface area (Å²) >= 11 is 0. The van der Waals surface area contributed by atoms with Crippen LogP contribution in [0.3, 0.4) is 0 Å². The van der Waals surface area contributed by atoms with Gasteiger partial charge in [0.1, 0.15) is 0 Å². The smallest absolute Gasteiger partial charge is 0.318 e. The highest BCUT2D eigenvalue weighted by Crippen LogP contribution is 2.25. The number of hydrogen-bond donors (Lipinski definition) is 0. The largest absolute Gasteiger partial charge is 0.335 e. The van der Waals surface area contributed by atoms with Crippen LogP contribution < -0.4 is 0 Å². The van der Waals surface area contributed by atoms with Gasteiger partial charge in [0.2, 0.25) is 0 Å². The van der Waals surface area contributed by atoms with E-state index >= 15 is 0 Å². The number of hydrogen-bond acceptors (Lipinski definition) is 3. The van der Waals surface area contributed by atoms with Crippen LogP contribution in [0.2, 0.25) is 0 Å². The molecule has 0 heterocycles. The van der Waals surface area contributed by atoms with E-state index in [1.165, 1.54) is 5.57 Å². The van der Waals surface area contributed by atoms with Crippen molar-refractivity contribution in [1.82, 2.24) is 0 Å². The molecule has 1 aliphatic rings. The van der Waals surface area contributed by atoms with E-state index in [1.54, 1.807) is 0 Å². The Morgan fingerprint density at radius 1 is 1.24 bits per heavy atom. The van der Waals surface area contributed by atoms with Crippen LogP contribution in [0.5, 0.6) is 0 Å². The van der Waals surface area contributed by atoms with E-state index < -0.39 is 0 Å². The summed E-state index contributed by atoms with van der Waals surface area (Å²) in [4.78, 5) is 16.8. The highest BCUT2D eigenvalue weighted by molar-refractivity contribution is 6.05. The van der Waals surface area contributed by atoms with Gasteiger partial charge in [-0.25, -0.2) is 4.79 Å². The number of carbonyl (C=O) groups excluding carboxylic acids is 1. The fourth-order valence-electron chi connectivity index (χ4n) is 2.33. The van der Waals surface area contributed by atoms with Crippen LogP contribution in [0.1, 0.15) is 52.0 Å². The van der Waals surface area contributed by atoms with Crippen molar-refractivity contribution in [2.75, 3.05) is 0 Å². The van der Waals surface area contributed by atoms with Crippen molar-refractivity contribution in [2.45, 2.75) is 46.5 Å². The Balaban J connectivity index is 2.03. The number of rotatable bonds is 3. The molecular weight excluding hydrogens is 262 g/mol. The summed E-state index contributed by atoms with van der Waals surface area (Å²) in [7, 11) is 0. The second-order valence-electron chi connectivity index (χ2n) is 6.67. The van der Waals surface area contributed by atoms with Crippen molar-refractivity contribution in [2.24, 2.45) is 10.6 Å². The second-order valence-corrected chi connectivity index (χ2v) is 6.67. The number of benzene rings is 1. The minimum atomic E-state index is -0.263. The Morgan fingerprint density at radius 3 is 2.62 bits per heavy atom. The summed E-state index contributed by atoms with van der Waals surface area (Å²) in [6.45, 7) is 6.03. The van der Waals surface area contributed by atoms with Gasteiger partial charge in [-0.3, -0.25) is 0 Å². The summed E-state index contributed by atoms with van der Waals surface area (Å²) in [5.41, 5.74) is 3.16. The predicted molar refractivity (Wildman–Crippen MR) is 85.9 cm³/mol. The Bertz CT molecular complexity index is 550. The highest BCUT2D eigenvalue weighted by atomic mass is 16.7. The van der Waals surface area contributed by atoms with Gasteiger partial charge in [-0.05, 0) is 41.9 Å². The van der Waals surface area contributed by atoms with Crippen LogP contribution in [0.15, 0.2) is 41.1 Å². The molecule has 0 amide bonds. The van der Waals surface area contributed by atoms with Crippen LogP contribution in [0.4, 0.5) is 0 Å². The molecule has 112 valence electrons. The van der Waals surface area contributed by atoms with Crippen molar-refractivity contribution >= 4 is 17.8 Å². The molecule has 3 nitrogen and oxygen atoms in total. The monoisotopic (exact) mass is 285 g/mol. The molecule has 2 rings (SSSR count). The van der Waals surface area contributed by atoms with Gasteiger partial charge in [-0.2, -0.15) is 0 Å². The Kier molecular flexibility index (Phi) is 4.94. The van der Waals surface area contributed by atoms with Crippen LogP contribution in [-0.2, 0) is 9.63 Å². The van der Waals surface area contributed by atoms with Gasteiger partial charge < -0.3 is 4.84 Å². The molecule has 0 spiro atoms. The lowest BCUT2D eigenvalue weighted by Gasteiger charge is -2.14. The summed E-state index contributed by atoms with van der Waals surface area (Å²) in [6.07, 6.45) is 5.44. The number of allylic oxidation sites excluding steroid dienone is 1. The van der Waals surface area contributed by atoms with Crippen LogP contribution in [0, 0.1) is 5.41 Å². The first-order chi connectivity index (χ1) is 9.94. The summed E-state index contributed by atoms with van der Waals surface area (Å²) < 4.78 is 0. The van der Waals surface area contributed by atoms with E-state index in [0.29, 0.717) is 6.42 Å². The first-order valence-corrected chi connectivity index (χ1v) is 7.47. The standard InChI is InChI=1S/C18H23NO2/c1-18(2,3)13-17(20)21-19-16-11-7-10-15(16)12-14-8-5-4-6-9-14/h4-6,8-9,12H,7,10-11,13H2,1-3H3. The molecule has 3 heteroatoms. The van der Waals surface area contributed by atoms with Gasteiger partial charge in [0.25, 0.3) is 0 Å². The normalized spacial score (nSPS) is 19.2. The Morgan fingerprint density at radius 2 is 1.95 bits per heavy atom. The van der Waals surface area contributed by atoms with Gasteiger partial charge in [0, 0.05) is 0 Å². The maximum atomic E-state index is 11.7. The van der Waals surface area contributed by atoms with Crippen molar-refractivity contribution in [1.29, 1.82) is 0 Å². The topological polar surface area (TPSA) is 38.7 Å². The van der Waals surface area contributed by atoms with E-state index in [-0.39, 0.29) is 11.4 Å². The van der Waals surface area contributed by atoms with Gasteiger partial charge in [0.05, 0.1) is 12.1 Å². The first-order valence-electron chi connectivity index (χ1n) is 7.47. The lowest BCUT2D eigenvalue weighted by Crippen LogP contribution is -2.14. The fraction of sp³-hybridized carbons (Fsp3) is 0.444. The fourth-order valence-corrected chi connectivity index (χ4v) is 2.33. The Hall–Kier alpha value is -1.90. The maximum absolute atomic E-state index is 11.7. The van der Waals surface area contributed by atoms with E-state index in [9.17, 15) is 4.79 Å². The predicted octanol–water partition coefficient (Wildman–Crippen LogP) is 4.59. The zero-order valence-corrected chi connectivity index (χ0v) is 13.1. The maximum Gasteiger partial charge on any atom is 0.335 e. The van der Waals surface area contributed by atoms with Crippen molar-refractivity contribution in [3.8, 4) is 0 Å². The van der Waals surface area contributed by atoms with Gasteiger partial charge in [-0.15, -0.1) is 0 Å². The zero-order valence-electron chi connectivity index (χ0n) is 13.1. The molecule has 0 radical (unpaired) electrons. The van der Waals surface area contributed by atoms with Gasteiger partial charge in [-0.1, -0.05) is 56.3 Å². The molecule has 1 aromatic carbocycles. The molecule has 0 unspecified atom stereocenters. The lowest BCUT2D eigenvalue weighted by molar-refractivity contribution is -0.145. The summed E-state index contributed by atoms with van der Waals surface area (Å²) in [6, 6.07) is 10.2. The molecule has 0 bridgehead atoms. The third-order valence-electron chi connectivity index (χ3n) is 3.30.